The molecule has 0 N–H and O–H groups in total. The second-order valence-corrected chi connectivity index (χ2v) is 15.7. The highest BCUT2D eigenvalue weighted by atomic mass is 16.3. The van der Waals surface area contributed by atoms with Crippen molar-refractivity contribution in [3.8, 4) is 73.6 Å². The van der Waals surface area contributed by atoms with Crippen LogP contribution >= 0.6 is 0 Å². The van der Waals surface area contributed by atoms with E-state index in [-0.39, 0.29) is 0 Å². The molecule has 12 aromatic rings. The number of rotatable bonds is 6. The summed E-state index contributed by atoms with van der Waals surface area (Å²) in [6.45, 7) is 0. The van der Waals surface area contributed by atoms with Crippen LogP contribution in [0.1, 0.15) is 5.56 Å². The van der Waals surface area contributed by atoms with Crippen molar-refractivity contribution in [3.63, 3.8) is 0 Å². The van der Waals surface area contributed by atoms with Crippen LogP contribution in [0.4, 0.5) is 0 Å². The highest BCUT2D eigenvalue weighted by Crippen LogP contribution is 2.42. The SMILES string of the molecule is N#Cc1ccc(-c2cc3c4cccnc4c(-c4cccc(-c5cccc(-c6nc(-c7ccccc7)nc(-c7ccc8c(c7)oc7ccccc78)n6)c5)c4)cc3c3ccccc23)cc1. The van der Waals surface area contributed by atoms with Gasteiger partial charge in [-0.1, -0.05) is 133 Å². The Labute approximate surface area is 362 Å². The van der Waals surface area contributed by atoms with Crippen LogP contribution in [-0.2, 0) is 0 Å². The van der Waals surface area contributed by atoms with E-state index in [0.717, 1.165) is 104 Å². The molecule has 3 aromatic heterocycles. The highest BCUT2D eigenvalue weighted by molar-refractivity contribution is 6.23. The van der Waals surface area contributed by atoms with E-state index in [1.165, 1.54) is 0 Å². The van der Waals surface area contributed by atoms with E-state index in [9.17, 15) is 5.26 Å². The first-order valence-electron chi connectivity index (χ1n) is 20.8. The van der Waals surface area contributed by atoms with Gasteiger partial charge in [-0.05, 0) is 110 Å². The van der Waals surface area contributed by atoms with E-state index in [1.807, 2.05) is 91.1 Å². The summed E-state index contributed by atoms with van der Waals surface area (Å²) in [6, 6.07) is 68.8. The first kappa shape index (κ1) is 36.1. The van der Waals surface area contributed by atoms with Crippen molar-refractivity contribution in [2.75, 3.05) is 0 Å². The summed E-state index contributed by atoms with van der Waals surface area (Å²) in [5.41, 5.74) is 12.3. The maximum Gasteiger partial charge on any atom is 0.164 e. The van der Waals surface area contributed by atoms with E-state index in [0.29, 0.717) is 23.0 Å². The van der Waals surface area contributed by atoms with Crippen LogP contribution in [0.3, 0.4) is 0 Å². The summed E-state index contributed by atoms with van der Waals surface area (Å²) >= 11 is 0. The molecular formula is C57H33N5O. The van der Waals surface area contributed by atoms with Gasteiger partial charge in [0.25, 0.3) is 0 Å². The molecule has 0 unspecified atom stereocenters. The quantitative estimate of drug-likeness (QED) is 0.156. The van der Waals surface area contributed by atoms with Crippen molar-refractivity contribution in [3.05, 3.63) is 206 Å². The number of benzene rings is 9. The van der Waals surface area contributed by atoms with E-state index in [1.54, 1.807) is 0 Å². The molecular weight excluding hydrogens is 771 g/mol. The summed E-state index contributed by atoms with van der Waals surface area (Å²) in [6.07, 6.45) is 1.87. The number of para-hydroxylation sites is 1. The number of hydrogen-bond acceptors (Lipinski definition) is 6. The number of nitrogens with zero attached hydrogens (tertiary/aromatic N) is 5. The molecule has 0 atom stereocenters. The molecule has 6 heteroatoms. The van der Waals surface area contributed by atoms with Crippen molar-refractivity contribution in [1.29, 1.82) is 5.26 Å². The minimum Gasteiger partial charge on any atom is -0.456 e. The molecule has 63 heavy (non-hydrogen) atoms. The summed E-state index contributed by atoms with van der Waals surface area (Å²) in [4.78, 5) is 20.1. The van der Waals surface area contributed by atoms with Gasteiger partial charge in [0.05, 0.1) is 17.1 Å². The minimum absolute atomic E-state index is 0.570. The van der Waals surface area contributed by atoms with Gasteiger partial charge in [-0.3, -0.25) is 4.98 Å². The standard InChI is InChI=1S/C57H33N5O/c58-34-35-22-24-36(25-23-35)48-32-51-47-20-10-28-59-54(47)49(33-50(51)44-18-5-4-17-43(44)48)40-15-8-13-38(29-40)39-14-9-16-41(30-39)56-60-55(37-11-2-1-3-12-37)61-57(62-56)42-26-27-46-45-19-6-7-21-52(45)63-53(46)31-42/h1-33H. The van der Waals surface area contributed by atoms with Crippen molar-refractivity contribution in [2.45, 2.75) is 0 Å². The third-order valence-electron chi connectivity index (χ3n) is 12.0. The van der Waals surface area contributed by atoms with Crippen molar-refractivity contribution >= 4 is 54.4 Å². The summed E-state index contributed by atoms with van der Waals surface area (Å²) in [5, 5.41) is 17.3. The smallest absolute Gasteiger partial charge is 0.164 e. The van der Waals surface area contributed by atoms with Crippen molar-refractivity contribution < 1.29 is 4.42 Å². The van der Waals surface area contributed by atoms with Crippen LogP contribution in [0.5, 0.6) is 0 Å². The first-order valence-corrected chi connectivity index (χ1v) is 20.8. The molecule has 9 aromatic carbocycles. The maximum absolute atomic E-state index is 9.46. The predicted octanol–water partition coefficient (Wildman–Crippen LogP) is 14.5. The van der Waals surface area contributed by atoms with Gasteiger partial charge in [-0.2, -0.15) is 5.26 Å². The van der Waals surface area contributed by atoms with E-state index < -0.39 is 0 Å². The lowest BCUT2D eigenvalue weighted by molar-refractivity contribution is 0.669. The molecule has 0 saturated carbocycles. The zero-order valence-electron chi connectivity index (χ0n) is 33.7. The zero-order valence-corrected chi connectivity index (χ0v) is 33.7. The number of fused-ring (bicyclic) bond motifs is 8. The molecule has 0 aliphatic heterocycles. The largest absolute Gasteiger partial charge is 0.456 e. The lowest BCUT2D eigenvalue weighted by atomic mass is 9.88. The fourth-order valence-corrected chi connectivity index (χ4v) is 8.93. The van der Waals surface area contributed by atoms with Gasteiger partial charge in [0.15, 0.2) is 17.5 Å². The topological polar surface area (TPSA) is 88.5 Å². The third-order valence-corrected chi connectivity index (χ3v) is 12.0. The van der Waals surface area contributed by atoms with Gasteiger partial charge in [0.2, 0.25) is 0 Å². The Bertz CT molecular complexity index is 3810. The average molecular weight is 804 g/mol. The van der Waals surface area contributed by atoms with Crippen LogP contribution in [0, 0.1) is 11.3 Å². The van der Waals surface area contributed by atoms with Crippen molar-refractivity contribution in [2.24, 2.45) is 0 Å². The van der Waals surface area contributed by atoms with Crippen LogP contribution in [0.25, 0.3) is 122 Å². The van der Waals surface area contributed by atoms with E-state index >= 15 is 0 Å². The average Bonchev–Trinajstić information content (AvgIpc) is 3.74. The number of furan rings is 1. The fraction of sp³-hybridized carbons (Fsp3) is 0. The van der Waals surface area contributed by atoms with Crippen molar-refractivity contribution in [1.82, 2.24) is 19.9 Å². The van der Waals surface area contributed by atoms with Gasteiger partial charge in [0.1, 0.15) is 11.2 Å². The Morgan fingerprint density at radius 2 is 0.905 bits per heavy atom. The number of aromatic nitrogens is 4. The maximum atomic E-state index is 9.46. The molecule has 0 saturated heterocycles. The molecule has 0 radical (unpaired) electrons. The normalized spacial score (nSPS) is 11.5. The minimum atomic E-state index is 0.570. The molecule has 12 rings (SSSR count). The fourth-order valence-electron chi connectivity index (χ4n) is 8.93. The summed E-state index contributed by atoms with van der Waals surface area (Å²) in [7, 11) is 0. The Morgan fingerprint density at radius 3 is 1.68 bits per heavy atom. The molecule has 0 bridgehead atoms. The second-order valence-electron chi connectivity index (χ2n) is 15.7. The molecule has 0 amide bonds. The number of nitriles is 1. The number of hydrogen-bond donors (Lipinski definition) is 0. The highest BCUT2D eigenvalue weighted by Gasteiger charge is 2.18. The predicted molar refractivity (Wildman–Crippen MR) is 255 cm³/mol. The second kappa shape index (κ2) is 14.7. The van der Waals surface area contributed by atoms with Gasteiger partial charge < -0.3 is 4.42 Å². The molecule has 0 fully saturated rings. The van der Waals surface area contributed by atoms with Crippen LogP contribution < -0.4 is 0 Å². The lowest BCUT2D eigenvalue weighted by Crippen LogP contribution is -2.00. The van der Waals surface area contributed by atoms with Gasteiger partial charge in [0, 0.05) is 44.6 Å². The Hall–Kier alpha value is -8.79. The first-order chi connectivity index (χ1) is 31.1. The molecule has 0 aliphatic carbocycles. The Balaban J connectivity index is 0.974. The van der Waals surface area contributed by atoms with Gasteiger partial charge >= 0.3 is 0 Å². The zero-order chi connectivity index (χ0) is 41.9. The molecule has 0 aliphatic rings. The Kier molecular flexibility index (Phi) is 8.44. The van der Waals surface area contributed by atoms with Crippen LogP contribution in [-0.4, -0.2) is 19.9 Å². The monoisotopic (exact) mass is 803 g/mol. The molecule has 292 valence electrons. The molecule has 0 spiro atoms. The van der Waals surface area contributed by atoms with E-state index in [2.05, 4.69) is 115 Å². The van der Waals surface area contributed by atoms with Gasteiger partial charge in [-0.15, -0.1) is 0 Å². The van der Waals surface area contributed by atoms with Crippen LogP contribution in [0.15, 0.2) is 205 Å². The number of pyridine rings is 1. The molecule has 3 heterocycles. The molecule has 6 nitrogen and oxygen atoms in total. The third kappa shape index (κ3) is 6.27. The lowest BCUT2D eigenvalue weighted by Gasteiger charge is -2.16. The summed E-state index contributed by atoms with van der Waals surface area (Å²) < 4.78 is 6.26. The van der Waals surface area contributed by atoms with Gasteiger partial charge in [-0.25, -0.2) is 15.0 Å². The summed E-state index contributed by atoms with van der Waals surface area (Å²) in [5.74, 6) is 1.75. The Morgan fingerprint density at radius 1 is 0.349 bits per heavy atom. The van der Waals surface area contributed by atoms with Crippen LogP contribution in [0.2, 0.25) is 0 Å². The van der Waals surface area contributed by atoms with E-state index in [4.69, 9.17) is 24.4 Å².